The van der Waals surface area contributed by atoms with Crippen LogP contribution >= 0.6 is 15.9 Å². The van der Waals surface area contributed by atoms with E-state index in [2.05, 4.69) is 44.8 Å². The third-order valence-electron chi connectivity index (χ3n) is 3.27. The number of hydrogen-bond donors (Lipinski definition) is 2. The van der Waals surface area contributed by atoms with Crippen molar-refractivity contribution in [3.8, 4) is 0 Å². The molecule has 2 aromatic carbocycles. The van der Waals surface area contributed by atoms with E-state index in [1.54, 1.807) is 0 Å². The topological polar surface area (TPSA) is 41.1 Å². The molecule has 0 radical (unpaired) electrons. The molecule has 0 aliphatic heterocycles. The summed E-state index contributed by atoms with van der Waals surface area (Å²) in [7, 11) is 0. The van der Waals surface area contributed by atoms with Crippen LogP contribution in [-0.4, -0.2) is 11.9 Å². The average Bonchev–Trinajstić information content (AvgIpc) is 2.45. The molecule has 0 unspecified atom stereocenters. The van der Waals surface area contributed by atoms with Crippen LogP contribution in [0.5, 0.6) is 0 Å². The highest BCUT2D eigenvalue weighted by molar-refractivity contribution is 9.10. The zero-order valence-electron chi connectivity index (χ0n) is 12.4. The van der Waals surface area contributed by atoms with Crippen LogP contribution in [0.4, 0.5) is 11.4 Å². The Kier molecular flexibility index (Phi) is 5.02. The van der Waals surface area contributed by atoms with Gasteiger partial charge in [0.05, 0.1) is 0 Å². The minimum atomic E-state index is -0.311. The summed E-state index contributed by atoms with van der Waals surface area (Å²) in [6, 6.07) is 13.4. The maximum absolute atomic E-state index is 12.2. The highest BCUT2D eigenvalue weighted by Gasteiger charge is 2.13. The van der Waals surface area contributed by atoms with Crippen LogP contribution in [0.3, 0.4) is 0 Å². The molecule has 3 nitrogen and oxygen atoms in total. The molecule has 0 saturated carbocycles. The number of aryl methyl sites for hydroxylation is 2. The summed E-state index contributed by atoms with van der Waals surface area (Å²) in [6.07, 6.45) is 0. The first-order valence-electron chi connectivity index (χ1n) is 6.86. The van der Waals surface area contributed by atoms with E-state index in [1.807, 2.05) is 45.0 Å². The van der Waals surface area contributed by atoms with E-state index >= 15 is 0 Å². The Balaban J connectivity index is 2.02. The van der Waals surface area contributed by atoms with E-state index in [9.17, 15) is 4.79 Å². The van der Waals surface area contributed by atoms with E-state index in [1.165, 1.54) is 5.56 Å². The van der Waals surface area contributed by atoms with Crippen LogP contribution in [0.1, 0.15) is 18.1 Å². The number of halogens is 1. The molecule has 0 aliphatic carbocycles. The van der Waals surface area contributed by atoms with Gasteiger partial charge in [0.1, 0.15) is 6.04 Å². The van der Waals surface area contributed by atoms with Gasteiger partial charge in [0.25, 0.3) is 0 Å². The largest absolute Gasteiger partial charge is 0.374 e. The Morgan fingerprint density at radius 1 is 1.10 bits per heavy atom. The molecule has 0 heterocycles. The Morgan fingerprint density at radius 3 is 2.43 bits per heavy atom. The fourth-order valence-corrected chi connectivity index (χ4v) is 2.24. The standard InChI is InChI=1S/C17H19BrN2O/c1-11-4-5-12(2)16(10-11)19-13(3)17(21)20-15-8-6-14(18)7-9-15/h4-10,13,19H,1-3H3,(H,20,21)/t13-/m1/s1. The van der Waals surface area contributed by atoms with Crippen LogP contribution in [0.25, 0.3) is 0 Å². The van der Waals surface area contributed by atoms with Crippen LogP contribution in [0.2, 0.25) is 0 Å². The minimum Gasteiger partial charge on any atom is -0.374 e. The Bertz CT molecular complexity index is 638. The lowest BCUT2D eigenvalue weighted by Gasteiger charge is -2.17. The number of benzene rings is 2. The van der Waals surface area contributed by atoms with Crippen molar-refractivity contribution in [1.82, 2.24) is 0 Å². The van der Waals surface area contributed by atoms with Gasteiger partial charge in [0, 0.05) is 15.8 Å². The lowest BCUT2D eigenvalue weighted by molar-refractivity contribution is -0.116. The molecule has 2 aromatic rings. The van der Waals surface area contributed by atoms with Crippen LogP contribution < -0.4 is 10.6 Å². The average molecular weight is 347 g/mol. The number of hydrogen-bond acceptors (Lipinski definition) is 2. The van der Waals surface area contributed by atoms with Gasteiger partial charge in [0.15, 0.2) is 0 Å². The summed E-state index contributed by atoms with van der Waals surface area (Å²) in [5.41, 5.74) is 4.08. The summed E-state index contributed by atoms with van der Waals surface area (Å²) in [6.45, 7) is 5.92. The first-order valence-corrected chi connectivity index (χ1v) is 7.65. The molecule has 2 rings (SSSR count). The van der Waals surface area contributed by atoms with Gasteiger partial charge in [-0.05, 0) is 62.2 Å². The molecule has 21 heavy (non-hydrogen) atoms. The van der Waals surface area contributed by atoms with Crippen molar-refractivity contribution in [3.05, 3.63) is 58.1 Å². The number of carbonyl (C=O) groups is 1. The minimum absolute atomic E-state index is 0.0572. The molecule has 1 amide bonds. The predicted molar refractivity (Wildman–Crippen MR) is 91.8 cm³/mol. The first-order chi connectivity index (χ1) is 9.95. The highest BCUT2D eigenvalue weighted by Crippen LogP contribution is 2.18. The van der Waals surface area contributed by atoms with Gasteiger partial charge in [0.2, 0.25) is 5.91 Å². The number of rotatable bonds is 4. The normalized spacial score (nSPS) is 11.8. The fraction of sp³-hybridized carbons (Fsp3) is 0.235. The fourth-order valence-electron chi connectivity index (χ4n) is 1.97. The smallest absolute Gasteiger partial charge is 0.246 e. The van der Waals surface area contributed by atoms with E-state index in [4.69, 9.17) is 0 Å². The third kappa shape index (κ3) is 4.33. The Hall–Kier alpha value is -1.81. The number of amides is 1. The molecule has 4 heteroatoms. The van der Waals surface area contributed by atoms with Gasteiger partial charge in [-0.3, -0.25) is 4.79 Å². The van der Waals surface area contributed by atoms with Crippen molar-refractivity contribution >= 4 is 33.2 Å². The molecule has 0 aliphatic rings. The zero-order valence-corrected chi connectivity index (χ0v) is 14.0. The monoisotopic (exact) mass is 346 g/mol. The molecule has 0 bridgehead atoms. The SMILES string of the molecule is Cc1ccc(C)c(N[C@H](C)C(=O)Nc2ccc(Br)cc2)c1. The lowest BCUT2D eigenvalue weighted by atomic mass is 10.1. The van der Waals surface area contributed by atoms with Gasteiger partial charge in [-0.2, -0.15) is 0 Å². The van der Waals surface area contributed by atoms with Crippen LogP contribution in [0, 0.1) is 13.8 Å². The summed E-state index contributed by atoms with van der Waals surface area (Å²) < 4.78 is 0.988. The van der Waals surface area contributed by atoms with Crippen molar-refractivity contribution in [2.24, 2.45) is 0 Å². The van der Waals surface area contributed by atoms with Crippen molar-refractivity contribution in [2.75, 3.05) is 10.6 Å². The molecule has 110 valence electrons. The summed E-state index contributed by atoms with van der Waals surface area (Å²) in [4.78, 5) is 12.2. The predicted octanol–water partition coefficient (Wildman–Crippen LogP) is 4.51. The second kappa shape index (κ2) is 6.76. The number of nitrogens with one attached hydrogen (secondary N) is 2. The summed E-state index contributed by atoms with van der Waals surface area (Å²) >= 11 is 3.37. The molecule has 0 spiro atoms. The van der Waals surface area contributed by atoms with Crippen molar-refractivity contribution in [3.63, 3.8) is 0 Å². The molecular formula is C17H19BrN2O. The van der Waals surface area contributed by atoms with E-state index < -0.39 is 0 Å². The van der Waals surface area contributed by atoms with Gasteiger partial charge in [-0.15, -0.1) is 0 Å². The molecular weight excluding hydrogens is 328 g/mol. The first kappa shape index (κ1) is 15.6. The Labute approximate surface area is 133 Å². The van der Waals surface area contributed by atoms with Crippen LogP contribution in [0.15, 0.2) is 46.9 Å². The van der Waals surface area contributed by atoms with Gasteiger partial charge >= 0.3 is 0 Å². The number of carbonyl (C=O) groups excluding carboxylic acids is 1. The van der Waals surface area contributed by atoms with Crippen molar-refractivity contribution < 1.29 is 4.79 Å². The second-order valence-corrected chi connectivity index (χ2v) is 6.10. The second-order valence-electron chi connectivity index (χ2n) is 5.18. The van der Waals surface area contributed by atoms with E-state index in [-0.39, 0.29) is 11.9 Å². The quantitative estimate of drug-likeness (QED) is 0.855. The molecule has 0 aromatic heterocycles. The third-order valence-corrected chi connectivity index (χ3v) is 3.80. The summed E-state index contributed by atoms with van der Waals surface area (Å²) in [5, 5.41) is 6.16. The highest BCUT2D eigenvalue weighted by atomic mass is 79.9. The maximum Gasteiger partial charge on any atom is 0.246 e. The molecule has 0 saturated heterocycles. The maximum atomic E-state index is 12.2. The van der Waals surface area contributed by atoms with Gasteiger partial charge < -0.3 is 10.6 Å². The van der Waals surface area contributed by atoms with Crippen LogP contribution in [-0.2, 0) is 4.79 Å². The van der Waals surface area contributed by atoms with Crippen molar-refractivity contribution in [2.45, 2.75) is 26.8 Å². The van der Waals surface area contributed by atoms with Crippen molar-refractivity contribution in [1.29, 1.82) is 0 Å². The van der Waals surface area contributed by atoms with Gasteiger partial charge in [-0.25, -0.2) is 0 Å². The van der Waals surface area contributed by atoms with Gasteiger partial charge in [-0.1, -0.05) is 28.1 Å². The Morgan fingerprint density at radius 2 is 1.76 bits per heavy atom. The molecule has 2 N–H and O–H groups in total. The van der Waals surface area contributed by atoms with E-state index in [0.29, 0.717) is 0 Å². The summed E-state index contributed by atoms with van der Waals surface area (Å²) in [5.74, 6) is -0.0572. The zero-order chi connectivity index (χ0) is 15.4. The number of anilines is 2. The molecule has 1 atom stereocenters. The van der Waals surface area contributed by atoms with E-state index in [0.717, 1.165) is 21.4 Å². The molecule has 0 fully saturated rings. The lowest BCUT2D eigenvalue weighted by Crippen LogP contribution is -2.32.